The SMILES string of the molecule is Cc1cc(Br)cc2c3c([nH]c12)CCN(C)C3. The van der Waals surface area contributed by atoms with Crippen LogP contribution < -0.4 is 0 Å². The van der Waals surface area contributed by atoms with Crippen molar-refractivity contribution in [3.63, 3.8) is 0 Å². The molecule has 0 fully saturated rings. The van der Waals surface area contributed by atoms with Crippen LogP contribution in [0.3, 0.4) is 0 Å². The molecule has 0 radical (unpaired) electrons. The van der Waals surface area contributed by atoms with E-state index >= 15 is 0 Å². The van der Waals surface area contributed by atoms with Gasteiger partial charge in [0.25, 0.3) is 0 Å². The Labute approximate surface area is 104 Å². The van der Waals surface area contributed by atoms with Gasteiger partial charge in [-0.05, 0) is 37.2 Å². The predicted octanol–water partition coefficient (Wildman–Crippen LogP) is 3.23. The second-order valence-electron chi connectivity index (χ2n) is 4.72. The lowest BCUT2D eigenvalue weighted by Crippen LogP contribution is -2.25. The largest absolute Gasteiger partial charge is 0.358 e. The zero-order valence-corrected chi connectivity index (χ0v) is 11.2. The minimum Gasteiger partial charge on any atom is -0.358 e. The van der Waals surface area contributed by atoms with E-state index in [1.807, 2.05) is 0 Å². The molecule has 1 aliphatic rings. The Bertz CT molecular complexity index is 557. The van der Waals surface area contributed by atoms with Gasteiger partial charge in [-0.3, -0.25) is 0 Å². The maximum Gasteiger partial charge on any atom is 0.0489 e. The second kappa shape index (κ2) is 3.60. The molecule has 0 atom stereocenters. The molecule has 2 aromatic rings. The molecule has 0 amide bonds. The third-order valence-corrected chi connectivity index (χ3v) is 3.89. The van der Waals surface area contributed by atoms with Crippen molar-refractivity contribution < 1.29 is 0 Å². The highest BCUT2D eigenvalue weighted by atomic mass is 79.9. The van der Waals surface area contributed by atoms with E-state index in [2.05, 4.69) is 51.9 Å². The van der Waals surface area contributed by atoms with Crippen LogP contribution in [0.5, 0.6) is 0 Å². The van der Waals surface area contributed by atoms with E-state index in [0.29, 0.717) is 0 Å². The summed E-state index contributed by atoms with van der Waals surface area (Å²) < 4.78 is 1.17. The number of benzene rings is 1. The highest BCUT2D eigenvalue weighted by Gasteiger charge is 2.19. The normalized spacial score (nSPS) is 16.7. The number of hydrogen-bond donors (Lipinski definition) is 1. The van der Waals surface area contributed by atoms with Crippen molar-refractivity contribution in [3.05, 3.63) is 33.4 Å². The number of nitrogens with zero attached hydrogens (tertiary/aromatic N) is 1. The molecule has 0 spiro atoms. The number of fused-ring (bicyclic) bond motifs is 3. The first-order valence-corrected chi connectivity index (χ1v) is 6.42. The Balaban J connectivity index is 2.30. The maximum absolute atomic E-state index is 3.58. The lowest BCUT2D eigenvalue weighted by molar-refractivity contribution is 0.313. The number of likely N-dealkylation sites (N-methyl/N-ethyl adjacent to an activating group) is 1. The Morgan fingerprint density at radius 3 is 3.00 bits per heavy atom. The monoisotopic (exact) mass is 278 g/mol. The van der Waals surface area contributed by atoms with Crippen molar-refractivity contribution in [2.75, 3.05) is 13.6 Å². The fourth-order valence-electron chi connectivity index (χ4n) is 2.58. The van der Waals surface area contributed by atoms with E-state index in [0.717, 1.165) is 19.5 Å². The van der Waals surface area contributed by atoms with Crippen molar-refractivity contribution in [3.8, 4) is 0 Å². The van der Waals surface area contributed by atoms with Crippen LogP contribution in [0.2, 0.25) is 0 Å². The minimum absolute atomic E-state index is 1.06. The number of rotatable bonds is 0. The Kier molecular flexibility index (Phi) is 2.33. The summed E-state index contributed by atoms with van der Waals surface area (Å²) in [5, 5.41) is 1.38. The number of H-pyrrole nitrogens is 1. The quantitative estimate of drug-likeness (QED) is 0.784. The van der Waals surface area contributed by atoms with Crippen LogP contribution in [-0.4, -0.2) is 23.5 Å². The molecule has 0 saturated carbocycles. The number of aromatic nitrogens is 1. The van der Waals surface area contributed by atoms with Crippen LogP contribution in [-0.2, 0) is 13.0 Å². The number of nitrogens with one attached hydrogen (secondary N) is 1. The van der Waals surface area contributed by atoms with Gasteiger partial charge in [-0.1, -0.05) is 15.9 Å². The van der Waals surface area contributed by atoms with Gasteiger partial charge in [-0.15, -0.1) is 0 Å². The van der Waals surface area contributed by atoms with Gasteiger partial charge in [0.2, 0.25) is 0 Å². The lowest BCUT2D eigenvalue weighted by Gasteiger charge is -2.22. The van der Waals surface area contributed by atoms with Gasteiger partial charge in [0.1, 0.15) is 0 Å². The van der Waals surface area contributed by atoms with Gasteiger partial charge >= 0.3 is 0 Å². The summed E-state index contributed by atoms with van der Waals surface area (Å²) in [5.74, 6) is 0. The van der Waals surface area contributed by atoms with Crippen LogP contribution in [0.25, 0.3) is 10.9 Å². The zero-order chi connectivity index (χ0) is 11.3. The van der Waals surface area contributed by atoms with Crippen molar-refractivity contribution in [2.24, 2.45) is 0 Å². The summed E-state index contributed by atoms with van der Waals surface area (Å²) in [7, 11) is 2.19. The van der Waals surface area contributed by atoms with Gasteiger partial charge in [0, 0.05) is 40.6 Å². The topological polar surface area (TPSA) is 19.0 Å². The molecule has 1 N–H and O–H groups in total. The first kappa shape index (κ1) is 10.4. The molecule has 2 nitrogen and oxygen atoms in total. The third-order valence-electron chi connectivity index (χ3n) is 3.44. The average Bonchev–Trinajstić information content (AvgIpc) is 2.57. The Hall–Kier alpha value is -0.800. The molecule has 3 rings (SSSR count). The van der Waals surface area contributed by atoms with E-state index in [4.69, 9.17) is 0 Å². The van der Waals surface area contributed by atoms with E-state index in [1.54, 1.807) is 0 Å². The standard InChI is InChI=1S/C13H15BrN2/c1-8-5-9(14)6-10-11-7-16(2)4-3-12(11)15-13(8)10/h5-6,15H,3-4,7H2,1-2H3. The summed E-state index contributed by atoms with van der Waals surface area (Å²) >= 11 is 3.58. The third kappa shape index (κ3) is 1.50. The smallest absolute Gasteiger partial charge is 0.0489 e. The van der Waals surface area contributed by atoms with Gasteiger partial charge in [-0.2, -0.15) is 0 Å². The molecular formula is C13H15BrN2. The molecule has 1 aromatic heterocycles. The van der Waals surface area contributed by atoms with Gasteiger partial charge < -0.3 is 9.88 Å². The fourth-order valence-corrected chi connectivity index (χ4v) is 3.15. The van der Waals surface area contributed by atoms with Crippen LogP contribution >= 0.6 is 15.9 Å². The van der Waals surface area contributed by atoms with Crippen molar-refractivity contribution in [2.45, 2.75) is 19.9 Å². The molecule has 1 aliphatic heterocycles. The van der Waals surface area contributed by atoms with Crippen LogP contribution in [0.1, 0.15) is 16.8 Å². The first-order valence-electron chi connectivity index (χ1n) is 5.63. The van der Waals surface area contributed by atoms with Crippen molar-refractivity contribution >= 4 is 26.8 Å². The molecule has 0 bridgehead atoms. The van der Waals surface area contributed by atoms with Gasteiger partial charge in [0.05, 0.1) is 0 Å². The summed E-state index contributed by atoms with van der Waals surface area (Å²) in [4.78, 5) is 5.97. The summed E-state index contributed by atoms with van der Waals surface area (Å²) in [6, 6.07) is 4.41. The Morgan fingerprint density at radius 2 is 2.19 bits per heavy atom. The maximum atomic E-state index is 3.58. The molecule has 0 unspecified atom stereocenters. The molecule has 84 valence electrons. The molecular weight excluding hydrogens is 264 g/mol. The minimum atomic E-state index is 1.06. The van der Waals surface area contributed by atoms with Crippen LogP contribution in [0.4, 0.5) is 0 Å². The van der Waals surface area contributed by atoms with E-state index < -0.39 is 0 Å². The number of aromatic amines is 1. The molecule has 16 heavy (non-hydrogen) atoms. The average molecular weight is 279 g/mol. The molecule has 3 heteroatoms. The zero-order valence-electron chi connectivity index (χ0n) is 9.60. The molecule has 0 aliphatic carbocycles. The summed E-state index contributed by atoms with van der Waals surface area (Å²) in [5.41, 5.74) is 5.53. The number of aryl methyl sites for hydroxylation is 1. The predicted molar refractivity (Wildman–Crippen MR) is 70.8 cm³/mol. The van der Waals surface area contributed by atoms with E-state index in [9.17, 15) is 0 Å². The lowest BCUT2D eigenvalue weighted by atomic mass is 10.0. The Morgan fingerprint density at radius 1 is 1.38 bits per heavy atom. The van der Waals surface area contributed by atoms with Crippen molar-refractivity contribution in [1.29, 1.82) is 0 Å². The fraction of sp³-hybridized carbons (Fsp3) is 0.385. The molecule has 2 heterocycles. The highest BCUT2D eigenvalue weighted by molar-refractivity contribution is 9.10. The van der Waals surface area contributed by atoms with Crippen LogP contribution in [0, 0.1) is 6.92 Å². The number of hydrogen-bond acceptors (Lipinski definition) is 1. The first-order chi connectivity index (χ1) is 7.65. The number of halogens is 1. The van der Waals surface area contributed by atoms with E-state index in [1.165, 1.54) is 32.2 Å². The summed E-state index contributed by atoms with van der Waals surface area (Å²) in [6.07, 6.45) is 1.14. The van der Waals surface area contributed by atoms with Crippen molar-refractivity contribution in [1.82, 2.24) is 9.88 Å². The highest BCUT2D eigenvalue weighted by Crippen LogP contribution is 2.31. The van der Waals surface area contributed by atoms with Gasteiger partial charge in [0.15, 0.2) is 0 Å². The van der Waals surface area contributed by atoms with Gasteiger partial charge in [-0.25, -0.2) is 0 Å². The molecule has 1 aromatic carbocycles. The summed E-state index contributed by atoms with van der Waals surface area (Å²) in [6.45, 7) is 4.38. The second-order valence-corrected chi connectivity index (χ2v) is 5.63. The van der Waals surface area contributed by atoms with Crippen LogP contribution in [0.15, 0.2) is 16.6 Å². The molecule has 0 saturated heterocycles. The van der Waals surface area contributed by atoms with E-state index in [-0.39, 0.29) is 0 Å².